The molecule has 0 aliphatic heterocycles. The van der Waals surface area contributed by atoms with Crippen LogP contribution in [0, 0.1) is 10.1 Å². The van der Waals surface area contributed by atoms with E-state index in [2.05, 4.69) is 10.4 Å². The summed E-state index contributed by atoms with van der Waals surface area (Å²) in [5.41, 5.74) is 5.85. The standard InChI is InChI=1S/C10H17N5O2/c1-14-6-9(15(16)17)10(13-14)12-8-4-2-7(11)3-5-8/h6-8H,2-5,11H2,1H3,(H,12,13). The smallest absolute Gasteiger partial charge is 0.330 e. The first-order valence-corrected chi connectivity index (χ1v) is 5.76. The maximum absolute atomic E-state index is 10.8. The van der Waals surface area contributed by atoms with E-state index in [1.165, 1.54) is 10.9 Å². The third-order valence-electron chi connectivity index (χ3n) is 3.12. The van der Waals surface area contributed by atoms with Crippen molar-refractivity contribution >= 4 is 11.5 Å². The highest BCUT2D eigenvalue weighted by Gasteiger charge is 2.24. The van der Waals surface area contributed by atoms with E-state index in [1.807, 2.05) is 0 Å². The summed E-state index contributed by atoms with van der Waals surface area (Å²) in [6.45, 7) is 0. The summed E-state index contributed by atoms with van der Waals surface area (Å²) >= 11 is 0. The lowest BCUT2D eigenvalue weighted by Crippen LogP contribution is -2.33. The van der Waals surface area contributed by atoms with E-state index in [4.69, 9.17) is 5.73 Å². The van der Waals surface area contributed by atoms with Crippen LogP contribution >= 0.6 is 0 Å². The van der Waals surface area contributed by atoms with Crippen molar-refractivity contribution < 1.29 is 4.92 Å². The summed E-state index contributed by atoms with van der Waals surface area (Å²) in [6.07, 6.45) is 5.21. The zero-order valence-corrected chi connectivity index (χ0v) is 9.80. The molecule has 2 rings (SSSR count). The van der Waals surface area contributed by atoms with Gasteiger partial charge in [-0.05, 0) is 25.7 Å². The summed E-state index contributed by atoms with van der Waals surface area (Å²) in [4.78, 5) is 10.4. The third-order valence-corrected chi connectivity index (χ3v) is 3.12. The summed E-state index contributed by atoms with van der Waals surface area (Å²) in [5.74, 6) is 0.359. The Labute approximate surface area is 99.1 Å². The number of nitro groups is 1. The number of anilines is 1. The van der Waals surface area contributed by atoms with Crippen LogP contribution in [0.5, 0.6) is 0 Å². The Morgan fingerprint density at radius 1 is 1.53 bits per heavy atom. The predicted molar refractivity (Wildman–Crippen MR) is 63.7 cm³/mol. The van der Waals surface area contributed by atoms with Crippen LogP contribution in [0.2, 0.25) is 0 Å². The fraction of sp³-hybridized carbons (Fsp3) is 0.700. The van der Waals surface area contributed by atoms with Crippen LogP contribution in [-0.2, 0) is 7.05 Å². The van der Waals surface area contributed by atoms with Crippen LogP contribution in [0.4, 0.5) is 11.5 Å². The van der Waals surface area contributed by atoms with Crippen LogP contribution in [-0.4, -0.2) is 26.8 Å². The second kappa shape index (κ2) is 4.70. The van der Waals surface area contributed by atoms with Crippen LogP contribution < -0.4 is 11.1 Å². The minimum absolute atomic E-state index is 0.0300. The maximum Gasteiger partial charge on any atom is 0.330 e. The molecule has 0 bridgehead atoms. The molecule has 1 aromatic rings. The SMILES string of the molecule is Cn1cc([N+](=O)[O-])c(NC2CCC(N)CC2)n1. The molecule has 0 aromatic carbocycles. The molecule has 1 aliphatic carbocycles. The number of hydrogen-bond donors (Lipinski definition) is 2. The fourth-order valence-corrected chi connectivity index (χ4v) is 2.17. The minimum Gasteiger partial charge on any atom is -0.360 e. The number of nitrogens with zero attached hydrogens (tertiary/aromatic N) is 3. The summed E-state index contributed by atoms with van der Waals surface area (Å²) in [6, 6.07) is 0.509. The largest absolute Gasteiger partial charge is 0.360 e. The number of nitrogens with two attached hydrogens (primary N) is 1. The molecule has 7 nitrogen and oxygen atoms in total. The zero-order chi connectivity index (χ0) is 12.4. The van der Waals surface area contributed by atoms with Crippen molar-refractivity contribution in [3.05, 3.63) is 16.3 Å². The highest BCUT2D eigenvalue weighted by Crippen LogP contribution is 2.26. The van der Waals surface area contributed by atoms with Crippen molar-refractivity contribution in [2.45, 2.75) is 37.8 Å². The summed E-state index contributed by atoms with van der Waals surface area (Å²) in [7, 11) is 1.68. The van der Waals surface area contributed by atoms with E-state index < -0.39 is 4.92 Å². The van der Waals surface area contributed by atoms with Gasteiger partial charge in [0.1, 0.15) is 6.20 Å². The van der Waals surface area contributed by atoms with Gasteiger partial charge in [-0.25, -0.2) is 0 Å². The van der Waals surface area contributed by atoms with Gasteiger partial charge in [-0.2, -0.15) is 0 Å². The van der Waals surface area contributed by atoms with Crippen LogP contribution in [0.1, 0.15) is 25.7 Å². The molecule has 94 valence electrons. The fourth-order valence-electron chi connectivity index (χ4n) is 2.17. The van der Waals surface area contributed by atoms with E-state index >= 15 is 0 Å². The quantitative estimate of drug-likeness (QED) is 0.605. The van der Waals surface area contributed by atoms with Gasteiger partial charge < -0.3 is 11.1 Å². The number of aromatic nitrogens is 2. The van der Waals surface area contributed by atoms with E-state index in [9.17, 15) is 10.1 Å². The molecule has 1 saturated carbocycles. The second-order valence-corrected chi connectivity index (χ2v) is 4.55. The van der Waals surface area contributed by atoms with E-state index in [0.29, 0.717) is 5.82 Å². The van der Waals surface area contributed by atoms with Crippen molar-refractivity contribution in [1.82, 2.24) is 9.78 Å². The van der Waals surface area contributed by atoms with Crippen LogP contribution in [0.3, 0.4) is 0 Å². The van der Waals surface area contributed by atoms with Crippen molar-refractivity contribution in [3.8, 4) is 0 Å². The molecule has 0 amide bonds. The molecular formula is C10H17N5O2. The topological polar surface area (TPSA) is 99.0 Å². The maximum atomic E-state index is 10.8. The number of aryl methyl sites for hydroxylation is 1. The Morgan fingerprint density at radius 2 is 2.18 bits per heavy atom. The first-order chi connectivity index (χ1) is 8.06. The lowest BCUT2D eigenvalue weighted by atomic mass is 9.92. The van der Waals surface area contributed by atoms with Crippen LogP contribution in [0.25, 0.3) is 0 Å². The molecule has 1 heterocycles. The second-order valence-electron chi connectivity index (χ2n) is 4.55. The average molecular weight is 239 g/mol. The Bertz CT molecular complexity index is 409. The molecule has 7 heteroatoms. The monoisotopic (exact) mass is 239 g/mol. The average Bonchev–Trinajstić information content (AvgIpc) is 2.63. The lowest BCUT2D eigenvalue weighted by Gasteiger charge is -2.26. The van der Waals surface area contributed by atoms with Gasteiger partial charge in [0.2, 0.25) is 5.82 Å². The Kier molecular flexibility index (Phi) is 3.28. The van der Waals surface area contributed by atoms with Gasteiger partial charge in [0.05, 0.1) is 4.92 Å². The molecule has 3 N–H and O–H groups in total. The predicted octanol–water partition coefficient (Wildman–Crippen LogP) is 1.01. The normalized spacial score (nSPS) is 24.6. The molecule has 0 radical (unpaired) electrons. The summed E-state index contributed by atoms with van der Waals surface area (Å²) in [5, 5.41) is 18.0. The molecule has 1 fully saturated rings. The van der Waals surface area contributed by atoms with E-state index in [0.717, 1.165) is 25.7 Å². The number of nitrogens with one attached hydrogen (secondary N) is 1. The first kappa shape index (κ1) is 11.8. The highest BCUT2D eigenvalue weighted by molar-refractivity contribution is 5.55. The van der Waals surface area contributed by atoms with Gasteiger partial charge in [0, 0.05) is 19.1 Å². The molecule has 0 saturated heterocycles. The van der Waals surface area contributed by atoms with E-state index in [1.54, 1.807) is 7.05 Å². The Balaban J connectivity index is 2.05. The van der Waals surface area contributed by atoms with Crippen molar-refractivity contribution in [2.75, 3.05) is 5.32 Å². The van der Waals surface area contributed by atoms with Gasteiger partial charge in [-0.3, -0.25) is 14.8 Å². The van der Waals surface area contributed by atoms with E-state index in [-0.39, 0.29) is 17.8 Å². The van der Waals surface area contributed by atoms with Gasteiger partial charge in [0.15, 0.2) is 0 Å². The first-order valence-electron chi connectivity index (χ1n) is 5.76. The number of rotatable bonds is 3. The summed E-state index contributed by atoms with van der Waals surface area (Å²) < 4.78 is 1.45. The van der Waals surface area contributed by atoms with Gasteiger partial charge >= 0.3 is 5.69 Å². The molecule has 0 unspecified atom stereocenters. The van der Waals surface area contributed by atoms with Crippen molar-refractivity contribution in [1.29, 1.82) is 0 Å². The van der Waals surface area contributed by atoms with Gasteiger partial charge in [-0.15, -0.1) is 5.10 Å². The van der Waals surface area contributed by atoms with Crippen molar-refractivity contribution in [2.24, 2.45) is 12.8 Å². The molecule has 17 heavy (non-hydrogen) atoms. The molecular weight excluding hydrogens is 222 g/mol. The molecule has 0 atom stereocenters. The Hall–Kier alpha value is -1.63. The zero-order valence-electron chi connectivity index (χ0n) is 9.80. The molecule has 0 spiro atoms. The van der Waals surface area contributed by atoms with Gasteiger partial charge in [-0.1, -0.05) is 0 Å². The third kappa shape index (κ3) is 2.73. The molecule has 1 aliphatic rings. The highest BCUT2D eigenvalue weighted by atomic mass is 16.6. The van der Waals surface area contributed by atoms with Gasteiger partial charge in [0.25, 0.3) is 0 Å². The number of hydrogen-bond acceptors (Lipinski definition) is 5. The Morgan fingerprint density at radius 3 is 2.76 bits per heavy atom. The lowest BCUT2D eigenvalue weighted by molar-refractivity contribution is -0.384. The minimum atomic E-state index is -0.413. The van der Waals surface area contributed by atoms with Crippen LogP contribution in [0.15, 0.2) is 6.20 Å². The molecule has 1 aromatic heterocycles. The van der Waals surface area contributed by atoms with Crippen molar-refractivity contribution in [3.63, 3.8) is 0 Å².